The normalized spacial score (nSPS) is 10.1. The maximum atomic E-state index is 12.3. The SMILES string of the molecule is CCOc1ccc(C(=O)Nc2ccc(CC(N)=O)cc2)cc1[N+](=O)[O-]. The summed E-state index contributed by atoms with van der Waals surface area (Å²) in [6.07, 6.45) is 0.110. The molecule has 8 nitrogen and oxygen atoms in total. The first-order valence-electron chi connectivity index (χ1n) is 7.50. The van der Waals surface area contributed by atoms with Crippen molar-refractivity contribution in [3.8, 4) is 5.75 Å². The van der Waals surface area contributed by atoms with Crippen LogP contribution in [0.3, 0.4) is 0 Å². The van der Waals surface area contributed by atoms with Gasteiger partial charge in [0, 0.05) is 17.3 Å². The predicted octanol–water partition coefficient (Wildman–Crippen LogP) is 2.27. The van der Waals surface area contributed by atoms with Crippen LogP contribution in [-0.4, -0.2) is 23.3 Å². The minimum Gasteiger partial charge on any atom is -0.487 e. The fourth-order valence-electron chi connectivity index (χ4n) is 2.19. The highest BCUT2D eigenvalue weighted by atomic mass is 16.6. The van der Waals surface area contributed by atoms with E-state index in [1.807, 2.05) is 0 Å². The van der Waals surface area contributed by atoms with E-state index < -0.39 is 16.7 Å². The van der Waals surface area contributed by atoms with Gasteiger partial charge in [-0.3, -0.25) is 19.7 Å². The van der Waals surface area contributed by atoms with Crippen LogP contribution in [0.2, 0.25) is 0 Å². The van der Waals surface area contributed by atoms with Crippen molar-refractivity contribution in [2.45, 2.75) is 13.3 Å². The number of ether oxygens (including phenoxy) is 1. The first-order valence-corrected chi connectivity index (χ1v) is 7.50. The summed E-state index contributed by atoms with van der Waals surface area (Å²) in [6.45, 7) is 2.00. The zero-order valence-corrected chi connectivity index (χ0v) is 13.5. The lowest BCUT2D eigenvalue weighted by atomic mass is 10.1. The molecule has 2 rings (SSSR count). The highest BCUT2D eigenvalue weighted by Gasteiger charge is 2.18. The van der Waals surface area contributed by atoms with Crippen LogP contribution < -0.4 is 15.8 Å². The Morgan fingerprint density at radius 3 is 2.44 bits per heavy atom. The van der Waals surface area contributed by atoms with Crippen molar-refractivity contribution in [1.82, 2.24) is 0 Å². The number of rotatable bonds is 7. The van der Waals surface area contributed by atoms with Gasteiger partial charge in [-0.2, -0.15) is 0 Å². The van der Waals surface area contributed by atoms with E-state index in [1.54, 1.807) is 31.2 Å². The van der Waals surface area contributed by atoms with Gasteiger partial charge in [-0.05, 0) is 36.8 Å². The van der Waals surface area contributed by atoms with Gasteiger partial charge in [0.2, 0.25) is 5.91 Å². The quantitative estimate of drug-likeness (QED) is 0.589. The average Bonchev–Trinajstić information content (AvgIpc) is 2.56. The predicted molar refractivity (Wildman–Crippen MR) is 91.6 cm³/mol. The topological polar surface area (TPSA) is 125 Å². The van der Waals surface area contributed by atoms with Crippen LogP contribution in [0.15, 0.2) is 42.5 Å². The maximum absolute atomic E-state index is 12.3. The summed E-state index contributed by atoms with van der Waals surface area (Å²) in [5, 5.41) is 13.7. The molecule has 0 aromatic heterocycles. The molecule has 2 amide bonds. The molecular formula is C17H17N3O5. The van der Waals surface area contributed by atoms with Gasteiger partial charge >= 0.3 is 5.69 Å². The number of nitrogens with zero attached hydrogens (tertiary/aromatic N) is 1. The molecule has 0 saturated carbocycles. The molecule has 3 N–H and O–H groups in total. The number of benzene rings is 2. The molecule has 0 bridgehead atoms. The van der Waals surface area contributed by atoms with E-state index in [2.05, 4.69) is 5.32 Å². The summed E-state index contributed by atoms with van der Waals surface area (Å²) in [7, 11) is 0. The largest absolute Gasteiger partial charge is 0.487 e. The summed E-state index contributed by atoms with van der Waals surface area (Å²) < 4.78 is 5.19. The van der Waals surface area contributed by atoms with E-state index >= 15 is 0 Å². The first-order chi connectivity index (χ1) is 11.9. The molecule has 0 fully saturated rings. The molecule has 0 unspecified atom stereocenters. The highest BCUT2D eigenvalue weighted by Crippen LogP contribution is 2.28. The van der Waals surface area contributed by atoms with Crippen LogP contribution in [0.25, 0.3) is 0 Å². The molecule has 0 spiro atoms. The Labute approximate surface area is 143 Å². The lowest BCUT2D eigenvalue weighted by Gasteiger charge is -2.08. The third-order valence-corrected chi connectivity index (χ3v) is 3.31. The van der Waals surface area contributed by atoms with Gasteiger partial charge in [0.25, 0.3) is 5.91 Å². The number of primary amides is 1. The standard InChI is InChI=1S/C17H17N3O5/c1-2-25-15-8-5-12(10-14(15)20(23)24)17(22)19-13-6-3-11(4-7-13)9-16(18)21/h3-8,10H,2,9H2,1H3,(H2,18,21)(H,19,22). The number of carbonyl (C=O) groups excluding carboxylic acids is 2. The molecule has 130 valence electrons. The molecule has 0 aliphatic rings. The second-order valence-corrected chi connectivity index (χ2v) is 5.17. The van der Waals surface area contributed by atoms with Crippen molar-refractivity contribution in [1.29, 1.82) is 0 Å². The van der Waals surface area contributed by atoms with Crippen LogP contribution in [0.5, 0.6) is 5.75 Å². The molecular weight excluding hydrogens is 326 g/mol. The number of anilines is 1. The second kappa shape index (κ2) is 7.91. The van der Waals surface area contributed by atoms with E-state index in [9.17, 15) is 19.7 Å². The van der Waals surface area contributed by atoms with Crippen molar-refractivity contribution in [2.24, 2.45) is 5.73 Å². The highest BCUT2D eigenvalue weighted by molar-refractivity contribution is 6.04. The van der Waals surface area contributed by atoms with Crippen LogP contribution in [0.1, 0.15) is 22.8 Å². The minimum absolute atomic E-state index is 0.110. The first kappa shape index (κ1) is 17.9. The Morgan fingerprint density at radius 2 is 1.88 bits per heavy atom. The summed E-state index contributed by atoms with van der Waals surface area (Å²) in [4.78, 5) is 33.7. The van der Waals surface area contributed by atoms with E-state index in [0.717, 1.165) is 5.56 Å². The molecule has 2 aromatic carbocycles. The number of nitro groups is 1. The molecule has 0 aliphatic heterocycles. The zero-order valence-electron chi connectivity index (χ0n) is 13.5. The fourth-order valence-corrected chi connectivity index (χ4v) is 2.19. The Hall–Kier alpha value is -3.42. The summed E-state index contributed by atoms with van der Waals surface area (Å²) >= 11 is 0. The molecule has 8 heteroatoms. The van der Waals surface area contributed by atoms with Crippen LogP contribution in [-0.2, 0) is 11.2 Å². The number of nitrogens with one attached hydrogen (secondary N) is 1. The van der Waals surface area contributed by atoms with Crippen molar-refractivity contribution < 1.29 is 19.2 Å². The maximum Gasteiger partial charge on any atom is 0.311 e. The average molecular weight is 343 g/mol. The van der Waals surface area contributed by atoms with Gasteiger partial charge in [-0.15, -0.1) is 0 Å². The van der Waals surface area contributed by atoms with E-state index in [-0.39, 0.29) is 30.0 Å². The summed E-state index contributed by atoms with van der Waals surface area (Å²) in [5.74, 6) is -0.827. The van der Waals surface area contributed by atoms with Crippen molar-refractivity contribution >= 4 is 23.2 Å². The van der Waals surface area contributed by atoms with Crippen molar-refractivity contribution in [3.63, 3.8) is 0 Å². The molecule has 0 saturated heterocycles. The van der Waals surface area contributed by atoms with Crippen LogP contribution >= 0.6 is 0 Å². The fraction of sp³-hybridized carbons (Fsp3) is 0.176. The van der Waals surface area contributed by atoms with E-state index in [0.29, 0.717) is 5.69 Å². The number of nitro benzene ring substituents is 1. The Bertz CT molecular complexity index is 802. The smallest absolute Gasteiger partial charge is 0.311 e. The van der Waals surface area contributed by atoms with Crippen LogP contribution in [0, 0.1) is 10.1 Å². The zero-order chi connectivity index (χ0) is 18.4. The van der Waals surface area contributed by atoms with Gasteiger partial charge in [-0.1, -0.05) is 12.1 Å². The summed E-state index contributed by atoms with van der Waals surface area (Å²) in [5.41, 5.74) is 6.20. The molecule has 0 aliphatic carbocycles. The molecule has 2 aromatic rings. The number of carbonyl (C=O) groups is 2. The number of hydrogen-bond acceptors (Lipinski definition) is 5. The van der Waals surface area contributed by atoms with Gasteiger partial charge in [0.15, 0.2) is 5.75 Å². The van der Waals surface area contributed by atoms with Gasteiger partial charge in [0.1, 0.15) is 0 Å². The Balaban J connectivity index is 2.16. The molecule has 0 radical (unpaired) electrons. The minimum atomic E-state index is -0.597. The third kappa shape index (κ3) is 4.77. The van der Waals surface area contributed by atoms with E-state index in [1.165, 1.54) is 18.2 Å². The third-order valence-electron chi connectivity index (χ3n) is 3.31. The Kier molecular flexibility index (Phi) is 5.67. The van der Waals surface area contributed by atoms with Gasteiger partial charge in [-0.25, -0.2) is 0 Å². The lowest BCUT2D eigenvalue weighted by molar-refractivity contribution is -0.385. The molecule has 25 heavy (non-hydrogen) atoms. The number of hydrogen-bond donors (Lipinski definition) is 2. The van der Waals surface area contributed by atoms with Crippen molar-refractivity contribution in [3.05, 3.63) is 63.7 Å². The number of nitrogens with two attached hydrogens (primary N) is 1. The van der Waals surface area contributed by atoms with Gasteiger partial charge in [0.05, 0.1) is 18.0 Å². The molecule has 0 heterocycles. The van der Waals surface area contributed by atoms with Crippen LogP contribution in [0.4, 0.5) is 11.4 Å². The lowest BCUT2D eigenvalue weighted by Crippen LogP contribution is -2.14. The second-order valence-electron chi connectivity index (χ2n) is 5.17. The van der Waals surface area contributed by atoms with Gasteiger partial charge < -0.3 is 15.8 Å². The Morgan fingerprint density at radius 1 is 1.20 bits per heavy atom. The number of amides is 2. The van der Waals surface area contributed by atoms with Crippen molar-refractivity contribution in [2.75, 3.05) is 11.9 Å². The van der Waals surface area contributed by atoms with E-state index in [4.69, 9.17) is 10.5 Å². The molecule has 0 atom stereocenters. The summed E-state index contributed by atoms with van der Waals surface area (Å²) in [6, 6.07) is 10.6. The monoisotopic (exact) mass is 343 g/mol.